The van der Waals surface area contributed by atoms with Crippen LogP contribution in [0.15, 0.2) is 4.99 Å². The molecule has 0 saturated heterocycles. The van der Waals surface area contributed by atoms with Gasteiger partial charge in [-0.2, -0.15) is 11.8 Å². The average molecular weight is 247 g/mol. The van der Waals surface area contributed by atoms with Gasteiger partial charge in [0.05, 0.1) is 13.2 Å². The lowest BCUT2D eigenvalue weighted by atomic mass is 10.4. The van der Waals surface area contributed by atoms with Gasteiger partial charge in [-0.25, -0.2) is 0 Å². The van der Waals surface area contributed by atoms with Crippen molar-refractivity contribution in [2.24, 2.45) is 4.99 Å². The van der Waals surface area contributed by atoms with E-state index in [2.05, 4.69) is 42.7 Å². The number of methoxy groups -OCH3 is 1. The number of nitrogens with one attached hydrogen (secondary N) is 2. The first kappa shape index (κ1) is 15.6. The average Bonchev–Trinajstić information content (AvgIpc) is 2.26. The first-order valence-electron chi connectivity index (χ1n) is 5.70. The van der Waals surface area contributed by atoms with E-state index in [4.69, 9.17) is 4.74 Å². The largest absolute Gasteiger partial charge is 0.383 e. The molecule has 0 aliphatic carbocycles. The number of thioether (sulfide) groups is 1. The molecule has 2 N–H and O–H groups in total. The molecular formula is C11H25N3OS. The summed E-state index contributed by atoms with van der Waals surface area (Å²) in [5.74, 6) is 0.868. The molecule has 0 aromatic heterocycles. The molecule has 0 aliphatic rings. The van der Waals surface area contributed by atoms with E-state index in [-0.39, 0.29) is 6.04 Å². The standard InChI is InChI=1S/C11H25N3OS/c1-6-12-11(13-7-10(3)16-5)14-9(2)8-15-4/h9-10H,6-8H2,1-5H3,(H2,12,13,14). The van der Waals surface area contributed by atoms with Crippen LogP contribution in [0, 0.1) is 0 Å². The second-order valence-corrected chi connectivity index (χ2v) is 5.04. The zero-order valence-corrected chi connectivity index (χ0v) is 11.9. The minimum absolute atomic E-state index is 0.271. The summed E-state index contributed by atoms with van der Waals surface area (Å²) in [6.07, 6.45) is 2.11. The third-order valence-electron chi connectivity index (χ3n) is 2.05. The molecule has 0 heterocycles. The molecular weight excluding hydrogens is 222 g/mol. The number of ether oxygens (including phenoxy) is 1. The van der Waals surface area contributed by atoms with Gasteiger partial charge in [0, 0.05) is 24.9 Å². The van der Waals surface area contributed by atoms with Crippen LogP contribution < -0.4 is 10.6 Å². The fourth-order valence-electron chi connectivity index (χ4n) is 1.14. The van der Waals surface area contributed by atoms with Crippen molar-refractivity contribution in [1.29, 1.82) is 0 Å². The molecule has 4 nitrogen and oxygen atoms in total. The SMILES string of the molecule is CCNC(=NCC(C)SC)NC(C)COC. The van der Waals surface area contributed by atoms with Gasteiger partial charge in [0.15, 0.2) is 5.96 Å². The van der Waals surface area contributed by atoms with Gasteiger partial charge in [0.2, 0.25) is 0 Å². The number of hydrogen-bond acceptors (Lipinski definition) is 3. The summed E-state index contributed by atoms with van der Waals surface area (Å²) in [6, 6.07) is 0.271. The first-order chi connectivity index (χ1) is 7.63. The van der Waals surface area contributed by atoms with E-state index in [1.165, 1.54) is 0 Å². The van der Waals surface area contributed by atoms with Crippen LogP contribution in [0.2, 0.25) is 0 Å². The summed E-state index contributed by atoms with van der Waals surface area (Å²) in [4.78, 5) is 4.52. The lowest BCUT2D eigenvalue weighted by molar-refractivity contribution is 0.179. The van der Waals surface area contributed by atoms with Crippen LogP contribution in [0.4, 0.5) is 0 Å². The zero-order chi connectivity index (χ0) is 12.4. The van der Waals surface area contributed by atoms with Crippen LogP contribution in [-0.2, 0) is 4.74 Å². The van der Waals surface area contributed by atoms with E-state index in [0.717, 1.165) is 19.0 Å². The Morgan fingerprint density at radius 1 is 1.44 bits per heavy atom. The Kier molecular flexibility index (Phi) is 9.52. The van der Waals surface area contributed by atoms with Crippen LogP contribution >= 0.6 is 11.8 Å². The Morgan fingerprint density at radius 2 is 2.12 bits per heavy atom. The Hall–Kier alpha value is -0.420. The third kappa shape index (κ3) is 7.82. The molecule has 0 bridgehead atoms. The lowest BCUT2D eigenvalue weighted by Gasteiger charge is -2.17. The van der Waals surface area contributed by atoms with Crippen molar-refractivity contribution in [3.8, 4) is 0 Å². The molecule has 0 aromatic rings. The maximum atomic E-state index is 5.08. The van der Waals surface area contributed by atoms with Crippen molar-refractivity contribution in [2.75, 3.05) is 33.1 Å². The maximum Gasteiger partial charge on any atom is 0.191 e. The van der Waals surface area contributed by atoms with Gasteiger partial charge >= 0.3 is 0 Å². The molecule has 2 unspecified atom stereocenters. The van der Waals surface area contributed by atoms with E-state index in [1.54, 1.807) is 7.11 Å². The Labute approximate surface area is 104 Å². The normalized spacial score (nSPS) is 15.7. The molecule has 0 amide bonds. The lowest BCUT2D eigenvalue weighted by Crippen LogP contribution is -2.44. The van der Waals surface area contributed by atoms with Crippen LogP contribution in [0.1, 0.15) is 20.8 Å². The van der Waals surface area contributed by atoms with Gasteiger partial charge < -0.3 is 15.4 Å². The molecule has 0 radical (unpaired) electrons. The van der Waals surface area contributed by atoms with Gasteiger partial charge in [0.25, 0.3) is 0 Å². The van der Waals surface area contributed by atoms with Crippen molar-refractivity contribution in [3.63, 3.8) is 0 Å². The maximum absolute atomic E-state index is 5.08. The fraction of sp³-hybridized carbons (Fsp3) is 0.909. The monoisotopic (exact) mass is 247 g/mol. The smallest absolute Gasteiger partial charge is 0.191 e. The Balaban J connectivity index is 4.13. The quantitative estimate of drug-likeness (QED) is 0.526. The van der Waals surface area contributed by atoms with E-state index < -0.39 is 0 Å². The van der Waals surface area contributed by atoms with Gasteiger partial charge in [-0.15, -0.1) is 0 Å². The molecule has 0 rings (SSSR count). The summed E-state index contributed by atoms with van der Waals surface area (Å²) in [6.45, 7) is 8.71. The second-order valence-electron chi connectivity index (χ2n) is 3.77. The first-order valence-corrected chi connectivity index (χ1v) is 6.99. The topological polar surface area (TPSA) is 45.7 Å². The number of hydrogen-bond donors (Lipinski definition) is 2. The van der Waals surface area contributed by atoms with Gasteiger partial charge in [-0.05, 0) is 20.1 Å². The highest BCUT2D eigenvalue weighted by Gasteiger charge is 2.05. The van der Waals surface area contributed by atoms with E-state index >= 15 is 0 Å². The van der Waals surface area contributed by atoms with Gasteiger partial charge in [-0.3, -0.25) is 4.99 Å². The molecule has 96 valence electrons. The minimum atomic E-state index is 0.271. The third-order valence-corrected chi connectivity index (χ3v) is 3.01. The summed E-state index contributed by atoms with van der Waals surface area (Å²) < 4.78 is 5.08. The molecule has 0 aliphatic heterocycles. The summed E-state index contributed by atoms with van der Waals surface area (Å²) in [5.41, 5.74) is 0. The van der Waals surface area contributed by atoms with Crippen molar-refractivity contribution in [1.82, 2.24) is 10.6 Å². The number of guanidine groups is 1. The number of aliphatic imine (C=N–C) groups is 1. The molecule has 0 fully saturated rings. The predicted octanol–water partition coefficient (Wildman–Crippen LogP) is 1.33. The molecule has 16 heavy (non-hydrogen) atoms. The van der Waals surface area contributed by atoms with Crippen LogP contribution in [0.3, 0.4) is 0 Å². The van der Waals surface area contributed by atoms with E-state index in [1.807, 2.05) is 11.8 Å². The number of nitrogens with zero attached hydrogens (tertiary/aromatic N) is 1. The van der Waals surface area contributed by atoms with E-state index in [9.17, 15) is 0 Å². The van der Waals surface area contributed by atoms with Crippen molar-refractivity contribution in [3.05, 3.63) is 0 Å². The van der Waals surface area contributed by atoms with Crippen LogP contribution in [-0.4, -0.2) is 50.3 Å². The van der Waals surface area contributed by atoms with Gasteiger partial charge in [-0.1, -0.05) is 6.92 Å². The van der Waals surface area contributed by atoms with Crippen LogP contribution in [0.5, 0.6) is 0 Å². The highest BCUT2D eigenvalue weighted by molar-refractivity contribution is 7.99. The minimum Gasteiger partial charge on any atom is -0.383 e. The summed E-state index contributed by atoms with van der Waals surface area (Å²) in [5, 5.41) is 7.08. The molecule has 0 saturated carbocycles. The molecule has 2 atom stereocenters. The zero-order valence-electron chi connectivity index (χ0n) is 11.0. The molecule has 5 heteroatoms. The van der Waals surface area contributed by atoms with Gasteiger partial charge in [0.1, 0.15) is 0 Å². The van der Waals surface area contributed by atoms with Crippen molar-refractivity contribution >= 4 is 17.7 Å². The number of rotatable bonds is 7. The molecule has 0 aromatic carbocycles. The highest BCUT2D eigenvalue weighted by atomic mass is 32.2. The van der Waals surface area contributed by atoms with Crippen LogP contribution in [0.25, 0.3) is 0 Å². The molecule has 0 spiro atoms. The van der Waals surface area contributed by atoms with E-state index in [0.29, 0.717) is 11.9 Å². The summed E-state index contributed by atoms with van der Waals surface area (Å²) in [7, 11) is 1.71. The Bertz CT molecular complexity index is 200. The second kappa shape index (κ2) is 9.78. The predicted molar refractivity (Wildman–Crippen MR) is 73.4 cm³/mol. The van der Waals surface area contributed by atoms with Crippen molar-refractivity contribution < 1.29 is 4.74 Å². The van der Waals surface area contributed by atoms with Crippen molar-refractivity contribution in [2.45, 2.75) is 32.1 Å². The highest BCUT2D eigenvalue weighted by Crippen LogP contribution is 2.04. The summed E-state index contributed by atoms with van der Waals surface area (Å²) >= 11 is 1.83. The fourth-order valence-corrected chi connectivity index (χ4v) is 1.36. The Morgan fingerprint density at radius 3 is 2.62 bits per heavy atom.